The van der Waals surface area contributed by atoms with Crippen LogP contribution >= 0.6 is 11.3 Å². The van der Waals surface area contributed by atoms with E-state index < -0.39 is 0 Å². The number of nitrogens with one attached hydrogen (secondary N) is 1. The fraction of sp³-hybridized carbons (Fsp3) is 0.769. The molecule has 2 aliphatic rings. The van der Waals surface area contributed by atoms with Gasteiger partial charge in [-0.25, -0.2) is 4.98 Å². The Kier molecular flexibility index (Phi) is 3.66. The molecule has 2 aliphatic heterocycles. The smallest absolute Gasteiger partial charge is 0.111 e. The Morgan fingerprint density at radius 2 is 2.11 bits per heavy atom. The van der Waals surface area contributed by atoms with Crippen molar-refractivity contribution in [2.45, 2.75) is 18.4 Å². The number of rotatable bonds is 2. The third-order valence-electron chi connectivity index (χ3n) is 4.03. The first-order chi connectivity index (χ1) is 8.72. The second kappa shape index (κ2) is 5.25. The van der Waals surface area contributed by atoms with Crippen molar-refractivity contribution < 1.29 is 0 Å². The molecule has 0 bridgehead atoms. The number of thiazole rings is 1. The molecule has 0 amide bonds. The summed E-state index contributed by atoms with van der Waals surface area (Å²) < 4.78 is 0. The van der Waals surface area contributed by atoms with Gasteiger partial charge in [-0.1, -0.05) is 0 Å². The van der Waals surface area contributed by atoms with Crippen LogP contribution in [0.1, 0.15) is 29.1 Å². The quantitative estimate of drug-likeness (QED) is 0.870. The maximum absolute atomic E-state index is 4.89. The number of likely N-dealkylation sites (tertiary alicyclic amines) is 1. The first-order valence-corrected chi connectivity index (χ1v) is 7.66. The Bertz CT molecular complexity index is 405. The normalized spacial score (nSPS) is 31.0. The van der Waals surface area contributed by atoms with Gasteiger partial charge in [-0.2, -0.15) is 0 Å². The summed E-state index contributed by atoms with van der Waals surface area (Å²) in [4.78, 5) is 9.67. The van der Waals surface area contributed by atoms with Crippen LogP contribution in [0, 0.1) is 0 Å². The average Bonchev–Trinajstić information content (AvgIpc) is 2.97. The molecule has 2 fully saturated rings. The molecule has 2 atom stereocenters. The standard InChI is InChI=1S/C13H22N4S/c1-16-5-3-10(7-16)12-9-18-13(15-12)11-8-17(2)6-4-14-11/h9-11,14H,3-8H2,1-2H3. The van der Waals surface area contributed by atoms with Crippen LogP contribution in [0.5, 0.6) is 0 Å². The van der Waals surface area contributed by atoms with E-state index in [1.807, 2.05) is 11.3 Å². The van der Waals surface area contributed by atoms with Crippen LogP contribution in [0.3, 0.4) is 0 Å². The summed E-state index contributed by atoms with van der Waals surface area (Å²) in [6.07, 6.45) is 1.26. The van der Waals surface area contributed by atoms with Crippen molar-refractivity contribution in [1.29, 1.82) is 0 Å². The molecule has 0 aliphatic carbocycles. The Morgan fingerprint density at radius 3 is 2.83 bits per heavy atom. The number of likely N-dealkylation sites (N-methyl/N-ethyl adjacent to an activating group) is 2. The number of aromatic nitrogens is 1. The second-order valence-corrected chi connectivity index (χ2v) is 6.52. The molecular weight excluding hydrogens is 244 g/mol. The van der Waals surface area contributed by atoms with Crippen LogP contribution in [0.15, 0.2) is 5.38 Å². The molecule has 3 heterocycles. The molecule has 100 valence electrons. The Hall–Kier alpha value is -0.490. The molecule has 0 aromatic carbocycles. The van der Waals surface area contributed by atoms with Gasteiger partial charge in [0.05, 0.1) is 11.7 Å². The van der Waals surface area contributed by atoms with Crippen LogP contribution in [-0.2, 0) is 0 Å². The summed E-state index contributed by atoms with van der Waals surface area (Å²) in [7, 11) is 4.39. The molecule has 5 heteroatoms. The third-order valence-corrected chi connectivity index (χ3v) is 5.00. The average molecular weight is 266 g/mol. The monoisotopic (exact) mass is 266 g/mol. The van der Waals surface area contributed by atoms with Gasteiger partial charge in [-0.3, -0.25) is 0 Å². The minimum Gasteiger partial charge on any atom is -0.306 e. The maximum Gasteiger partial charge on any atom is 0.111 e. The Balaban J connectivity index is 1.69. The van der Waals surface area contributed by atoms with E-state index in [2.05, 4.69) is 34.6 Å². The lowest BCUT2D eigenvalue weighted by atomic mass is 10.1. The molecule has 4 nitrogen and oxygen atoms in total. The Labute approximate surface area is 113 Å². The number of piperazine rings is 1. The van der Waals surface area contributed by atoms with Crippen LogP contribution in [0.2, 0.25) is 0 Å². The molecule has 2 unspecified atom stereocenters. The van der Waals surface area contributed by atoms with E-state index >= 15 is 0 Å². The summed E-state index contributed by atoms with van der Waals surface area (Å²) in [6.45, 7) is 5.67. The molecule has 0 radical (unpaired) electrons. The van der Waals surface area contributed by atoms with Gasteiger partial charge in [0.2, 0.25) is 0 Å². The van der Waals surface area contributed by atoms with Crippen molar-refractivity contribution in [3.8, 4) is 0 Å². The van der Waals surface area contributed by atoms with Gasteiger partial charge in [0, 0.05) is 37.5 Å². The largest absolute Gasteiger partial charge is 0.306 e. The predicted molar refractivity (Wildman–Crippen MR) is 75.2 cm³/mol. The van der Waals surface area contributed by atoms with E-state index in [0.29, 0.717) is 12.0 Å². The molecule has 3 rings (SSSR count). The van der Waals surface area contributed by atoms with Gasteiger partial charge < -0.3 is 15.1 Å². The first-order valence-electron chi connectivity index (χ1n) is 6.78. The van der Waals surface area contributed by atoms with Gasteiger partial charge in [-0.15, -0.1) is 11.3 Å². The SMILES string of the molecule is CN1CCC(c2csc(C3CN(C)CCN3)n2)C1. The lowest BCUT2D eigenvalue weighted by Crippen LogP contribution is -2.43. The minimum atomic E-state index is 0.432. The third kappa shape index (κ3) is 2.59. The first kappa shape index (κ1) is 12.5. The van der Waals surface area contributed by atoms with Crippen molar-refractivity contribution in [3.05, 3.63) is 16.1 Å². The molecule has 1 aromatic rings. The number of hydrogen-bond acceptors (Lipinski definition) is 5. The zero-order valence-corrected chi connectivity index (χ0v) is 12.0. The van der Waals surface area contributed by atoms with Gasteiger partial charge in [0.25, 0.3) is 0 Å². The maximum atomic E-state index is 4.89. The van der Waals surface area contributed by atoms with E-state index in [4.69, 9.17) is 4.98 Å². The van der Waals surface area contributed by atoms with Crippen LogP contribution in [0.4, 0.5) is 0 Å². The predicted octanol–water partition coefficient (Wildman–Crippen LogP) is 1.14. The zero-order valence-electron chi connectivity index (χ0n) is 11.2. The summed E-state index contributed by atoms with van der Waals surface area (Å²) in [6, 6.07) is 0.432. The van der Waals surface area contributed by atoms with Crippen molar-refractivity contribution in [3.63, 3.8) is 0 Å². The summed E-state index contributed by atoms with van der Waals surface area (Å²) in [5.41, 5.74) is 1.31. The Morgan fingerprint density at radius 1 is 1.28 bits per heavy atom. The van der Waals surface area contributed by atoms with Gasteiger partial charge >= 0.3 is 0 Å². The highest BCUT2D eigenvalue weighted by Crippen LogP contribution is 2.29. The minimum absolute atomic E-state index is 0.432. The highest BCUT2D eigenvalue weighted by atomic mass is 32.1. The van der Waals surface area contributed by atoms with E-state index in [-0.39, 0.29) is 0 Å². The van der Waals surface area contributed by atoms with E-state index in [1.165, 1.54) is 30.2 Å². The number of nitrogens with zero attached hydrogens (tertiary/aromatic N) is 3. The fourth-order valence-corrected chi connectivity index (χ4v) is 3.85. The van der Waals surface area contributed by atoms with Gasteiger partial charge in [0.1, 0.15) is 5.01 Å². The molecule has 0 spiro atoms. The zero-order chi connectivity index (χ0) is 12.5. The van der Waals surface area contributed by atoms with Crippen molar-refractivity contribution in [2.75, 3.05) is 46.8 Å². The van der Waals surface area contributed by atoms with Gasteiger partial charge in [-0.05, 0) is 27.1 Å². The van der Waals surface area contributed by atoms with Crippen LogP contribution in [0.25, 0.3) is 0 Å². The van der Waals surface area contributed by atoms with Gasteiger partial charge in [0.15, 0.2) is 0 Å². The molecule has 0 saturated carbocycles. The van der Waals surface area contributed by atoms with E-state index in [1.54, 1.807) is 0 Å². The second-order valence-electron chi connectivity index (χ2n) is 5.63. The van der Waals surface area contributed by atoms with E-state index in [0.717, 1.165) is 19.6 Å². The summed E-state index contributed by atoms with van der Waals surface area (Å²) in [5.74, 6) is 0.654. The topological polar surface area (TPSA) is 31.4 Å². The molecule has 2 saturated heterocycles. The fourth-order valence-electron chi connectivity index (χ4n) is 2.89. The highest BCUT2D eigenvalue weighted by Gasteiger charge is 2.26. The molecule has 1 aromatic heterocycles. The van der Waals surface area contributed by atoms with Crippen molar-refractivity contribution in [1.82, 2.24) is 20.1 Å². The van der Waals surface area contributed by atoms with Crippen molar-refractivity contribution >= 4 is 11.3 Å². The van der Waals surface area contributed by atoms with E-state index in [9.17, 15) is 0 Å². The summed E-state index contributed by atoms with van der Waals surface area (Å²) in [5, 5.41) is 7.12. The lowest BCUT2D eigenvalue weighted by molar-refractivity contribution is 0.240. The lowest BCUT2D eigenvalue weighted by Gasteiger charge is -2.29. The number of hydrogen-bond donors (Lipinski definition) is 1. The van der Waals surface area contributed by atoms with Crippen LogP contribution < -0.4 is 5.32 Å². The summed E-state index contributed by atoms with van der Waals surface area (Å²) >= 11 is 1.83. The van der Waals surface area contributed by atoms with Crippen LogP contribution in [-0.4, -0.2) is 61.6 Å². The molecule has 1 N–H and O–H groups in total. The molecular formula is C13H22N4S. The highest BCUT2D eigenvalue weighted by molar-refractivity contribution is 7.09. The molecule has 18 heavy (non-hydrogen) atoms. The van der Waals surface area contributed by atoms with Crippen molar-refractivity contribution in [2.24, 2.45) is 0 Å².